The predicted octanol–water partition coefficient (Wildman–Crippen LogP) is 3.01. The fraction of sp³-hybridized carbons (Fsp3) is 0.188. The van der Waals surface area contributed by atoms with Crippen LogP contribution in [0.5, 0.6) is 11.5 Å². The number of nitrogens with two attached hydrogens (primary N) is 1. The lowest BCUT2D eigenvalue weighted by molar-refractivity contribution is 0.148. The highest BCUT2D eigenvalue weighted by molar-refractivity contribution is 6.34. The monoisotopic (exact) mass is 302 g/mol. The van der Waals surface area contributed by atoms with E-state index >= 15 is 0 Å². The summed E-state index contributed by atoms with van der Waals surface area (Å²) in [6.07, 6.45) is 0.771. The number of halogens is 1. The molecule has 0 radical (unpaired) electrons. The molecule has 3 N–H and O–H groups in total. The third-order valence-corrected chi connectivity index (χ3v) is 3.70. The number of amidine groups is 1. The first-order valence-electron chi connectivity index (χ1n) is 6.65. The lowest BCUT2D eigenvalue weighted by Gasteiger charge is -2.15. The Bertz CT molecular complexity index is 663. The highest BCUT2D eigenvalue weighted by Gasteiger charge is 2.23. The van der Waals surface area contributed by atoms with Gasteiger partial charge in [-0.25, -0.2) is 0 Å². The highest BCUT2D eigenvalue weighted by atomic mass is 35.5. The fourth-order valence-electron chi connectivity index (χ4n) is 2.42. The first-order valence-corrected chi connectivity index (χ1v) is 7.03. The van der Waals surface area contributed by atoms with Crippen LogP contribution in [0.25, 0.3) is 0 Å². The maximum atomic E-state index is 7.59. The molecular weight excluding hydrogens is 288 g/mol. The molecule has 2 aromatic carbocycles. The van der Waals surface area contributed by atoms with Crippen LogP contribution in [-0.4, -0.2) is 18.5 Å². The van der Waals surface area contributed by atoms with E-state index in [2.05, 4.69) is 6.07 Å². The van der Waals surface area contributed by atoms with Crippen LogP contribution in [0.3, 0.4) is 0 Å². The summed E-state index contributed by atoms with van der Waals surface area (Å²) in [5.41, 5.74) is 7.17. The Balaban J connectivity index is 1.70. The van der Waals surface area contributed by atoms with Gasteiger partial charge >= 0.3 is 0 Å². The van der Waals surface area contributed by atoms with E-state index in [0.717, 1.165) is 12.2 Å². The van der Waals surface area contributed by atoms with E-state index < -0.39 is 0 Å². The van der Waals surface area contributed by atoms with Crippen molar-refractivity contribution in [3.8, 4) is 11.5 Å². The maximum absolute atomic E-state index is 7.59. The molecule has 0 amide bonds. The molecule has 0 saturated heterocycles. The zero-order valence-electron chi connectivity index (χ0n) is 11.3. The van der Waals surface area contributed by atoms with Gasteiger partial charge in [-0.3, -0.25) is 5.41 Å². The molecule has 3 rings (SSSR count). The zero-order valence-corrected chi connectivity index (χ0v) is 12.1. The molecule has 0 bridgehead atoms. The molecule has 1 aliphatic heterocycles. The minimum absolute atomic E-state index is 0.0406. The zero-order chi connectivity index (χ0) is 14.8. The van der Waals surface area contributed by atoms with Crippen molar-refractivity contribution < 1.29 is 9.47 Å². The van der Waals surface area contributed by atoms with Gasteiger partial charge in [-0.15, -0.1) is 0 Å². The third-order valence-electron chi connectivity index (χ3n) is 3.38. The van der Waals surface area contributed by atoms with Gasteiger partial charge in [0.15, 0.2) is 0 Å². The van der Waals surface area contributed by atoms with Crippen LogP contribution in [0.2, 0.25) is 5.02 Å². The van der Waals surface area contributed by atoms with Crippen molar-refractivity contribution in [1.82, 2.24) is 0 Å². The Morgan fingerprint density at radius 2 is 2.10 bits per heavy atom. The van der Waals surface area contributed by atoms with Gasteiger partial charge in [0.1, 0.15) is 30.0 Å². The smallest absolute Gasteiger partial charge is 0.137 e. The van der Waals surface area contributed by atoms with Crippen LogP contribution in [0.15, 0.2) is 42.5 Å². The number of ether oxygens (including phenoxy) is 2. The normalized spacial score (nSPS) is 16.1. The number of nitrogen functional groups attached to an aromatic ring is 1. The van der Waals surface area contributed by atoms with Crippen LogP contribution < -0.4 is 15.2 Å². The topological polar surface area (TPSA) is 68.3 Å². The Morgan fingerprint density at radius 3 is 2.86 bits per heavy atom. The number of benzene rings is 2. The summed E-state index contributed by atoms with van der Waals surface area (Å²) in [6, 6.07) is 13.2. The van der Waals surface area contributed by atoms with Crippen molar-refractivity contribution in [1.29, 1.82) is 5.41 Å². The van der Waals surface area contributed by atoms with Crippen LogP contribution in [0.1, 0.15) is 11.1 Å². The Morgan fingerprint density at radius 1 is 1.29 bits per heavy atom. The minimum atomic E-state index is -0.105. The Kier molecular flexibility index (Phi) is 3.71. The fourth-order valence-corrected chi connectivity index (χ4v) is 2.68. The van der Waals surface area contributed by atoms with Gasteiger partial charge in [0, 0.05) is 6.42 Å². The second kappa shape index (κ2) is 5.66. The van der Waals surface area contributed by atoms with Gasteiger partial charge in [-0.1, -0.05) is 35.9 Å². The van der Waals surface area contributed by atoms with Crippen LogP contribution in [-0.2, 0) is 6.42 Å². The molecule has 0 aliphatic carbocycles. The Labute approximate surface area is 127 Å². The predicted molar refractivity (Wildman–Crippen MR) is 82.5 cm³/mol. The molecule has 4 nitrogen and oxygen atoms in total. The lowest BCUT2D eigenvalue weighted by Crippen LogP contribution is -2.23. The average Bonchev–Trinajstić information content (AvgIpc) is 2.87. The lowest BCUT2D eigenvalue weighted by atomic mass is 10.1. The Hall–Kier alpha value is -2.20. The first-order chi connectivity index (χ1) is 10.1. The number of hydrogen-bond acceptors (Lipinski definition) is 3. The molecule has 0 fully saturated rings. The number of hydrogen-bond donors (Lipinski definition) is 2. The molecular formula is C16H15ClN2O2. The van der Waals surface area contributed by atoms with E-state index in [1.165, 1.54) is 5.56 Å². The van der Waals surface area contributed by atoms with Gasteiger partial charge in [0.2, 0.25) is 0 Å². The number of para-hydroxylation sites is 1. The number of nitrogens with one attached hydrogen (secondary N) is 1. The summed E-state index contributed by atoms with van der Waals surface area (Å²) in [7, 11) is 0. The van der Waals surface area contributed by atoms with E-state index in [4.69, 9.17) is 32.2 Å². The molecule has 0 spiro atoms. The molecule has 1 heterocycles. The van der Waals surface area contributed by atoms with Crippen molar-refractivity contribution in [2.45, 2.75) is 12.5 Å². The van der Waals surface area contributed by atoms with Gasteiger partial charge < -0.3 is 15.2 Å². The largest absolute Gasteiger partial charge is 0.489 e. The average molecular weight is 303 g/mol. The van der Waals surface area contributed by atoms with Crippen molar-refractivity contribution in [2.75, 3.05) is 6.61 Å². The van der Waals surface area contributed by atoms with Crippen LogP contribution in [0.4, 0.5) is 0 Å². The minimum Gasteiger partial charge on any atom is -0.489 e. The van der Waals surface area contributed by atoms with Crippen molar-refractivity contribution in [3.63, 3.8) is 0 Å². The quantitative estimate of drug-likeness (QED) is 0.674. The maximum Gasteiger partial charge on any atom is 0.137 e. The summed E-state index contributed by atoms with van der Waals surface area (Å²) in [5.74, 6) is 1.31. The van der Waals surface area contributed by atoms with E-state index in [1.54, 1.807) is 18.2 Å². The number of fused-ring (bicyclic) bond motifs is 1. The molecule has 1 aliphatic rings. The summed E-state index contributed by atoms with van der Waals surface area (Å²) in [6.45, 7) is 0.384. The molecule has 0 saturated carbocycles. The molecule has 1 unspecified atom stereocenters. The van der Waals surface area contributed by atoms with Crippen molar-refractivity contribution in [2.24, 2.45) is 5.73 Å². The van der Waals surface area contributed by atoms with Crippen LogP contribution in [0, 0.1) is 5.41 Å². The summed E-state index contributed by atoms with van der Waals surface area (Å²) in [5, 5.41) is 8.01. The van der Waals surface area contributed by atoms with Gasteiger partial charge in [0.05, 0.1) is 10.6 Å². The second-order valence-electron chi connectivity index (χ2n) is 4.89. The molecule has 2 aromatic rings. The molecule has 5 heteroatoms. The van der Waals surface area contributed by atoms with Crippen molar-refractivity contribution in [3.05, 3.63) is 58.6 Å². The SMILES string of the molecule is N=C(N)c1c(Cl)cccc1OCC1Cc2ccccc2O1. The molecule has 0 aromatic heterocycles. The van der Waals surface area contributed by atoms with E-state index in [-0.39, 0.29) is 11.9 Å². The third kappa shape index (κ3) is 2.81. The molecule has 21 heavy (non-hydrogen) atoms. The summed E-state index contributed by atoms with van der Waals surface area (Å²) in [4.78, 5) is 0. The van der Waals surface area contributed by atoms with Crippen LogP contribution >= 0.6 is 11.6 Å². The summed E-state index contributed by atoms with van der Waals surface area (Å²) >= 11 is 6.06. The molecule has 1 atom stereocenters. The van der Waals surface area contributed by atoms with Gasteiger partial charge in [-0.05, 0) is 23.8 Å². The first kappa shape index (κ1) is 13.8. The van der Waals surface area contributed by atoms with E-state index in [1.807, 2.05) is 18.2 Å². The van der Waals surface area contributed by atoms with E-state index in [9.17, 15) is 0 Å². The summed E-state index contributed by atoms with van der Waals surface area (Å²) < 4.78 is 11.6. The number of rotatable bonds is 4. The van der Waals surface area contributed by atoms with Gasteiger partial charge in [0.25, 0.3) is 0 Å². The molecule has 108 valence electrons. The second-order valence-corrected chi connectivity index (χ2v) is 5.30. The van der Waals surface area contributed by atoms with Crippen molar-refractivity contribution >= 4 is 17.4 Å². The van der Waals surface area contributed by atoms with Gasteiger partial charge in [-0.2, -0.15) is 0 Å². The van der Waals surface area contributed by atoms with E-state index in [0.29, 0.717) is 22.9 Å². The standard InChI is InChI=1S/C16H15ClN2O2/c17-12-5-3-7-14(15(12)16(18)19)20-9-11-8-10-4-1-2-6-13(10)21-11/h1-7,11H,8-9H2,(H3,18,19). The highest BCUT2D eigenvalue weighted by Crippen LogP contribution is 2.30.